The number of nitrogens with zero attached hydrogens (tertiary/aromatic N) is 2. The molecule has 0 aliphatic rings. The standard InChI is InChI=1S/C15H13ClF2N2O/c1-9(12-8-10(17)5-6-13(12)18)20(2)15(21)11-4-3-7-19-14(11)16/h3-9H,1-2H3. The second-order valence-electron chi connectivity index (χ2n) is 4.60. The molecule has 0 aliphatic carbocycles. The number of carbonyl (C=O) groups is 1. The minimum Gasteiger partial charge on any atom is -0.335 e. The SMILES string of the molecule is CC(c1cc(F)ccc1F)N(C)C(=O)c1cccnc1Cl. The fourth-order valence-electron chi connectivity index (χ4n) is 1.95. The fraction of sp³-hybridized carbons (Fsp3) is 0.200. The summed E-state index contributed by atoms with van der Waals surface area (Å²) in [5.74, 6) is -1.54. The summed E-state index contributed by atoms with van der Waals surface area (Å²) < 4.78 is 27.0. The quantitative estimate of drug-likeness (QED) is 0.807. The van der Waals surface area contributed by atoms with Crippen molar-refractivity contribution < 1.29 is 13.6 Å². The molecule has 0 bridgehead atoms. The molecule has 2 aromatic rings. The van der Waals surface area contributed by atoms with Crippen LogP contribution in [0.1, 0.15) is 28.9 Å². The third-order valence-corrected chi connectivity index (χ3v) is 3.60. The molecule has 21 heavy (non-hydrogen) atoms. The van der Waals surface area contributed by atoms with Crippen molar-refractivity contribution in [3.63, 3.8) is 0 Å². The Morgan fingerprint density at radius 3 is 2.71 bits per heavy atom. The van der Waals surface area contributed by atoms with Crippen LogP contribution >= 0.6 is 11.6 Å². The molecule has 0 aliphatic heterocycles. The smallest absolute Gasteiger partial charge is 0.257 e. The summed E-state index contributed by atoms with van der Waals surface area (Å²) in [5.41, 5.74) is 0.316. The first-order chi connectivity index (χ1) is 9.91. The van der Waals surface area contributed by atoms with E-state index in [-0.39, 0.29) is 16.3 Å². The van der Waals surface area contributed by atoms with Crippen LogP contribution in [0.5, 0.6) is 0 Å². The van der Waals surface area contributed by atoms with Gasteiger partial charge in [-0.15, -0.1) is 0 Å². The summed E-state index contributed by atoms with van der Waals surface area (Å²) in [7, 11) is 1.50. The zero-order chi connectivity index (χ0) is 15.6. The Kier molecular flexibility index (Phi) is 4.53. The molecular formula is C15H13ClF2N2O. The van der Waals surface area contributed by atoms with Gasteiger partial charge in [0.15, 0.2) is 0 Å². The van der Waals surface area contributed by atoms with Crippen LogP contribution in [0.3, 0.4) is 0 Å². The van der Waals surface area contributed by atoms with Crippen LogP contribution in [0.4, 0.5) is 8.78 Å². The van der Waals surface area contributed by atoms with Gasteiger partial charge in [0.25, 0.3) is 5.91 Å². The van der Waals surface area contributed by atoms with Crippen molar-refractivity contribution in [2.75, 3.05) is 7.05 Å². The number of pyridine rings is 1. The van der Waals surface area contributed by atoms with Gasteiger partial charge in [0.1, 0.15) is 16.8 Å². The van der Waals surface area contributed by atoms with E-state index in [4.69, 9.17) is 11.6 Å². The highest BCUT2D eigenvalue weighted by Gasteiger charge is 2.23. The van der Waals surface area contributed by atoms with Crippen LogP contribution in [0, 0.1) is 11.6 Å². The average Bonchev–Trinajstić information content (AvgIpc) is 2.48. The average molecular weight is 311 g/mol. The van der Waals surface area contributed by atoms with Crippen molar-refractivity contribution in [2.45, 2.75) is 13.0 Å². The molecule has 1 unspecified atom stereocenters. The topological polar surface area (TPSA) is 33.2 Å². The molecule has 0 saturated heterocycles. The van der Waals surface area contributed by atoms with Gasteiger partial charge in [-0.2, -0.15) is 0 Å². The van der Waals surface area contributed by atoms with Gasteiger partial charge in [-0.25, -0.2) is 13.8 Å². The summed E-state index contributed by atoms with van der Waals surface area (Å²) in [6.07, 6.45) is 1.47. The number of carbonyl (C=O) groups excluding carboxylic acids is 1. The van der Waals surface area contributed by atoms with E-state index in [9.17, 15) is 13.6 Å². The van der Waals surface area contributed by atoms with Crippen LogP contribution in [-0.4, -0.2) is 22.8 Å². The second kappa shape index (κ2) is 6.18. The minimum atomic E-state index is -0.649. The van der Waals surface area contributed by atoms with Crippen LogP contribution < -0.4 is 0 Å². The predicted octanol–water partition coefficient (Wildman–Crippen LogP) is 3.85. The fourth-order valence-corrected chi connectivity index (χ4v) is 2.16. The maximum atomic E-state index is 13.8. The van der Waals surface area contributed by atoms with E-state index in [2.05, 4.69) is 4.98 Å². The monoisotopic (exact) mass is 310 g/mol. The lowest BCUT2D eigenvalue weighted by Crippen LogP contribution is -2.30. The van der Waals surface area contributed by atoms with Crippen molar-refractivity contribution >= 4 is 17.5 Å². The number of benzene rings is 1. The maximum Gasteiger partial charge on any atom is 0.257 e. The minimum absolute atomic E-state index is 0.0706. The highest BCUT2D eigenvalue weighted by molar-refractivity contribution is 6.32. The van der Waals surface area contributed by atoms with Gasteiger partial charge in [-0.05, 0) is 37.3 Å². The number of hydrogen-bond acceptors (Lipinski definition) is 2. The molecule has 1 heterocycles. The van der Waals surface area contributed by atoms with Crippen LogP contribution in [0.25, 0.3) is 0 Å². The summed E-state index contributed by atoms with van der Waals surface area (Å²) >= 11 is 5.88. The molecule has 6 heteroatoms. The number of hydrogen-bond donors (Lipinski definition) is 0. The Bertz CT molecular complexity index is 678. The second-order valence-corrected chi connectivity index (χ2v) is 4.96. The van der Waals surface area contributed by atoms with Crippen molar-refractivity contribution in [3.05, 3.63) is 64.4 Å². The normalized spacial score (nSPS) is 12.0. The predicted molar refractivity (Wildman–Crippen MR) is 76.1 cm³/mol. The van der Waals surface area contributed by atoms with Crippen molar-refractivity contribution in [1.82, 2.24) is 9.88 Å². The van der Waals surface area contributed by atoms with Crippen molar-refractivity contribution in [2.24, 2.45) is 0 Å². The van der Waals surface area contributed by atoms with Gasteiger partial charge in [0.2, 0.25) is 0 Å². The lowest BCUT2D eigenvalue weighted by atomic mass is 10.1. The van der Waals surface area contributed by atoms with Gasteiger partial charge in [-0.1, -0.05) is 11.6 Å². The molecule has 0 spiro atoms. The van der Waals surface area contributed by atoms with Crippen molar-refractivity contribution in [3.8, 4) is 0 Å². The largest absolute Gasteiger partial charge is 0.335 e. The lowest BCUT2D eigenvalue weighted by Gasteiger charge is -2.26. The summed E-state index contributed by atoms with van der Waals surface area (Å²) in [5, 5.41) is 0.0706. The van der Waals surface area contributed by atoms with Gasteiger partial charge in [-0.3, -0.25) is 4.79 Å². The summed E-state index contributed by atoms with van der Waals surface area (Å²) in [4.78, 5) is 17.5. The summed E-state index contributed by atoms with van der Waals surface area (Å²) in [6, 6.07) is 5.61. The van der Waals surface area contributed by atoms with Gasteiger partial charge in [0, 0.05) is 18.8 Å². The number of halogens is 3. The third-order valence-electron chi connectivity index (χ3n) is 3.30. The van der Waals surface area contributed by atoms with Gasteiger partial charge in [0.05, 0.1) is 11.6 Å². The Balaban J connectivity index is 2.31. The third kappa shape index (κ3) is 3.19. The molecule has 1 aromatic carbocycles. The summed E-state index contributed by atoms with van der Waals surface area (Å²) in [6.45, 7) is 1.61. The molecule has 0 N–H and O–H groups in total. The zero-order valence-corrected chi connectivity index (χ0v) is 12.2. The van der Waals surface area contributed by atoms with E-state index in [0.29, 0.717) is 0 Å². The van der Waals surface area contributed by atoms with E-state index in [1.807, 2.05) is 0 Å². The molecule has 110 valence electrons. The molecule has 1 amide bonds. The Morgan fingerprint density at radius 1 is 1.33 bits per heavy atom. The number of amides is 1. The Labute approximate surface area is 126 Å². The highest BCUT2D eigenvalue weighted by atomic mass is 35.5. The lowest BCUT2D eigenvalue weighted by molar-refractivity contribution is 0.0740. The molecule has 0 radical (unpaired) electrons. The molecule has 1 aromatic heterocycles. The molecule has 3 nitrogen and oxygen atoms in total. The van der Waals surface area contributed by atoms with Crippen LogP contribution in [0.15, 0.2) is 36.5 Å². The molecule has 1 atom stereocenters. The van der Waals surface area contributed by atoms with E-state index < -0.39 is 23.6 Å². The molecule has 2 rings (SSSR count). The van der Waals surface area contributed by atoms with E-state index >= 15 is 0 Å². The van der Waals surface area contributed by atoms with E-state index in [1.165, 1.54) is 24.2 Å². The van der Waals surface area contributed by atoms with E-state index in [0.717, 1.165) is 18.2 Å². The molecule has 0 saturated carbocycles. The number of rotatable bonds is 3. The first-order valence-electron chi connectivity index (χ1n) is 6.24. The van der Waals surface area contributed by atoms with Crippen molar-refractivity contribution in [1.29, 1.82) is 0 Å². The van der Waals surface area contributed by atoms with Crippen LogP contribution in [0.2, 0.25) is 5.15 Å². The first-order valence-corrected chi connectivity index (χ1v) is 6.62. The first kappa shape index (κ1) is 15.4. The van der Waals surface area contributed by atoms with Gasteiger partial charge < -0.3 is 4.90 Å². The molecule has 0 fully saturated rings. The number of aromatic nitrogens is 1. The van der Waals surface area contributed by atoms with E-state index in [1.54, 1.807) is 13.0 Å². The Hall–Kier alpha value is -2.01. The zero-order valence-electron chi connectivity index (χ0n) is 11.5. The highest BCUT2D eigenvalue weighted by Crippen LogP contribution is 2.25. The maximum absolute atomic E-state index is 13.8. The van der Waals surface area contributed by atoms with Crippen LogP contribution in [-0.2, 0) is 0 Å². The Morgan fingerprint density at radius 2 is 2.05 bits per heavy atom. The van der Waals surface area contributed by atoms with Gasteiger partial charge >= 0.3 is 0 Å². The molecular weight excluding hydrogens is 298 g/mol.